The van der Waals surface area contributed by atoms with E-state index in [1.54, 1.807) is 24.3 Å². The normalized spacial score (nSPS) is 15.9. The number of thiazole rings is 1. The molecule has 1 saturated heterocycles. The van der Waals surface area contributed by atoms with Crippen LogP contribution in [-0.2, 0) is 11.3 Å². The van der Waals surface area contributed by atoms with Gasteiger partial charge in [0.1, 0.15) is 0 Å². The Morgan fingerprint density at radius 3 is 2.62 bits per heavy atom. The fraction of sp³-hybridized carbons (Fsp3) is 0.500. The first-order valence-corrected chi connectivity index (χ1v) is 11.0. The van der Waals surface area contributed by atoms with Crippen molar-refractivity contribution in [2.24, 2.45) is 11.3 Å². The van der Waals surface area contributed by atoms with Gasteiger partial charge in [0, 0.05) is 28.6 Å². The van der Waals surface area contributed by atoms with Crippen molar-refractivity contribution in [2.75, 3.05) is 23.7 Å². The van der Waals surface area contributed by atoms with Gasteiger partial charge in [-0.05, 0) is 50.0 Å². The minimum absolute atomic E-state index is 0.0910. The predicted molar refractivity (Wildman–Crippen MR) is 118 cm³/mol. The molecule has 0 saturated carbocycles. The fourth-order valence-corrected chi connectivity index (χ4v) is 3.81. The Hall–Kier alpha value is -2.25. The second-order valence-electron chi connectivity index (χ2n) is 8.84. The first kappa shape index (κ1) is 21.5. The first-order chi connectivity index (χ1) is 13.7. The predicted octanol–water partition coefficient (Wildman–Crippen LogP) is 4.61. The number of benzene rings is 1. The third-order valence-corrected chi connectivity index (χ3v) is 5.90. The van der Waals surface area contributed by atoms with Gasteiger partial charge in [-0.3, -0.25) is 19.8 Å². The minimum atomic E-state index is -0.498. The molecule has 2 amide bonds. The Morgan fingerprint density at radius 1 is 1.21 bits per heavy atom. The molecule has 0 radical (unpaired) electrons. The minimum Gasteiger partial charge on any atom is -0.326 e. The van der Waals surface area contributed by atoms with Gasteiger partial charge in [-0.25, -0.2) is 4.98 Å². The third kappa shape index (κ3) is 6.11. The lowest BCUT2D eigenvalue weighted by Gasteiger charge is -2.29. The van der Waals surface area contributed by atoms with Crippen LogP contribution >= 0.6 is 11.3 Å². The highest BCUT2D eigenvalue weighted by molar-refractivity contribution is 7.14. The van der Waals surface area contributed by atoms with Crippen LogP contribution in [0.4, 0.5) is 10.8 Å². The summed E-state index contributed by atoms with van der Waals surface area (Å²) in [6.07, 6.45) is 2.46. The van der Waals surface area contributed by atoms with E-state index in [0.29, 0.717) is 16.4 Å². The number of carbonyl (C=O) groups is 2. The van der Waals surface area contributed by atoms with E-state index in [-0.39, 0.29) is 11.8 Å². The highest BCUT2D eigenvalue weighted by Gasteiger charge is 2.21. The summed E-state index contributed by atoms with van der Waals surface area (Å²) in [6.45, 7) is 10.9. The van der Waals surface area contributed by atoms with Gasteiger partial charge in [0.2, 0.25) is 5.91 Å². The summed E-state index contributed by atoms with van der Waals surface area (Å²) in [5, 5.41) is 8.33. The van der Waals surface area contributed by atoms with Crippen molar-refractivity contribution in [1.82, 2.24) is 9.88 Å². The number of likely N-dealkylation sites (tertiary alicyclic amines) is 1. The zero-order valence-corrected chi connectivity index (χ0v) is 18.4. The number of amides is 2. The van der Waals surface area contributed by atoms with Crippen molar-refractivity contribution in [1.29, 1.82) is 0 Å². The Balaban J connectivity index is 1.58. The lowest BCUT2D eigenvalue weighted by molar-refractivity contribution is -0.123. The molecule has 0 aliphatic carbocycles. The van der Waals surface area contributed by atoms with Crippen LogP contribution in [0, 0.1) is 11.3 Å². The highest BCUT2D eigenvalue weighted by Crippen LogP contribution is 2.22. The molecular formula is C22H30N4O2S. The molecule has 0 unspecified atom stereocenters. The average Bonchev–Trinajstić information content (AvgIpc) is 3.10. The highest BCUT2D eigenvalue weighted by atomic mass is 32.1. The molecule has 1 aromatic heterocycles. The van der Waals surface area contributed by atoms with Crippen LogP contribution in [0.25, 0.3) is 0 Å². The van der Waals surface area contributed by atoms with Crippen molar-refractivity contribution in [3.63, 3.8) is 0 Å². The van der Waals surface area contributed by atoms with E-state index in [4.69, 9.17) is 0 Å². The maximum atomic E-state index is 12.6. The molecule has 1 aromatic carbocycles. The maximum Gasteiger partial charge on any atom is 0.257 e. The summed E-state index contributed by atoms with van der Waals surface area (Å²) in [7, 11) is 0. The zero-order valence-electron chi connectivity index (χ0n) is 17.6. The quantitative estimate of drug-likeness (QED) is 0.749. The van der Waals surface area contributed by atoms with Crippen LogP contribution in [0.1, 0.15) is 56.6 Å². The molecule has 7 heteroatoms. The maximum absolute atomic E-state index is 12.6. The molecular weight excluding hydrogens is 384 g/mol. The molecule has 2 aromatic rings. The SMILES string of the molecule is CC1CCN(Cc2csc(NC(=O)c3cccc(NC(=O)C(C)(C)C)c3)n2)CC1. The summed E-state index contributed by atoms with van der Waals surface area (Å²) in [6, 6.07) is 6.95. The van der Waals surface area contributed by atoms with Crippen LogP contribution in [0.2, 0.25) is 0 Å². The summed E-state index contributed by atoms with van der Waals surface area (Å²) in [5.41, 5.74) is 1.59. The zero-order chi connectivity index (χ0) is 21.0. The van der Waals surface area contributed by atoms with E-state index in [9.17, 15) is 9.59 Å². The van der Waals surface area contributed by atoms with Gasteiger partial charge in [-0.1, -0.05) is 33.8 Å². The largest absolute Gasteiger partial charge is 0.326 e. The molecule has 0 bridgehead atoms. The van der Waals surface area contributed by atoms with E-state index in [1.807, 2.05) is 26.2 Å². The van der Waals surface area contributed by atoms with Crippen LogP contribution in [0.15, 0.2) is 29.6 Å². The van der Waals surface area contributed by atoms with Crippen LogP contribution in [0.3, 0.4) is 0 Å². The fourth-order valence-electron chi connectivity index (χ4n) is 3.11. The monoisotopic (exact) mass is 414 g/mol. The summed E-state index contributed by atoms with van der Waals surface area (Å²) in [4.78, 5) is 31.8. The van der Waals surface area contributed by atoms with Gasteiger partial charge in [0.05, 0.1) is 5.69 Å². The number of hydrogen-bond acceptors (Lipinski definition) is 5. The second kappa shape index (κ2) is 9.05. The van der Waals surface area contributed by atoms with Crippen LogP contribution in [0.5, 0.6) is 0 Å². The molecule has 0 atom stereocenters. The number of piperidine rings is 1. The topological polar surface area (TPSA) is 74.3 Å². The van der Waals surface area contributed by atoms with Crippen molar-refractivity contribution in [3.05, 3.63) is 40.9 Å². The average molecular weight is 415 g/mol. The summed E-state index contributed by atoms with van der Waals surface area (Å²) >= 11 is 1.44. The first-order valence-electron chi connectivity index (χ1n) is 10.1. The smallest absolute Gasteiger partial charge is 0.257 e. The van der Waals surface area contributed by atoms with Crippen LogP contribution < -0.4 is 10.6 Å². The lowest BCUT2D eigenvalue weighted by atomic mass is 9.95. The van der Waals surface area contributed by atoms with Crippen molar-refractivity contribution < 1.29 is 9.59 Å². The van der Waals surface area contributed by atoms with Gasteiger partial charge in [0.25, 0.3) is 5.91 Å². The standard InChI is InChI=1S/C22H30N4O2S/c1-15-8-10-26(11-9-15)13-18-14-29-21(24-18)25-19(27)16-6-5-7-17(12-16)23-20(28)22(2,3)4/h5-7,12,14-15H,8-11,13H2,1-4H3,(H,23,28)(H,24,25,27). The van der Waals surface area contributed by atoms with Crippen molar-refractivity contribution in [2.45, 2.75) is 47.1 Å². The van der Waals surface area contributed by atoms with E-state index in [0.717, 1.165) is 31.2 Å². The van der Waals surface area contributed by atoms with Gasteiger partial charge in [0.15, 0.2) is 5.13 Å². The summed E-state index contributed by atoms with van der Waals surface area (Å²) in [5.74, 6) is 0.483. The molecule has 2 N–H and O–H groups in total. The second-order valence-corrected chi connectivity index (χ2v) is 9.70. The molecule has 156 valence electrons. The van der Waals surface area contributed by atoms with E-state index in [1.165, 1.54) is 24.2 Å². The molecule has 29 heavy (non-hydrogen) atoms. The third-order valence-electron chi connectivity index (χ3n) is 5.10. The Morgan fingerprint density at radius 2 is 1.93 bits per heavy atom. The summed E-state index contributed by atoms with van der Waals surface area (Å²) < 4.78 is 0. The number of carbonyl (C=O) groups excluding carboxylic acids is 2. The lowest BCUT2D eigenvalue weighted by Crippen LogP contribution is -2.32. The van der Waals surface area contributed by atoms with Gasteiger partial charge < -0.3 is 5.32 Å². The number of nitrogens with one attached hydrogen (secondary N) is 2. The molecule has 1 aliphatic heterocycles. The Labute approximate surface area is 176 Å². The molecule has 2 heterocycles. The van der Waals surface area contributed by atoms with Crippen molar-refractivity contribution >= 4 is 34.0 Å². The van der Waals surface area contributed by atoms with Crippen LogP contribution in [-0.4, -0.2) is 34.8 Å². The molecule has 0 spiro atoms. The number of anilines is 2. The van der Waals surface area contributed by atoms with Gasteiger partial charge >= 0.3 is 0 Å². The van der Waals surface area contributed by atoms with Crippen molar-refractivity contribution in [3.8, 4) is 0 Å². The number of aromatic nitrogens is 1. The number of hydrogen-bond donors (Lipinski definition) is 2. The van der Waals surface area contributed by atoms with Gasteiger partial charge in [-0.2, -0.15) is 0 Å². The molecule has 6 nitrogen and oxygen atoms in total. The number of nitrogens with zero attached hydrogens (tertiary/aromatic N) is 2. The van der Waals surface area contributed by atoms with E-state index >= 15 is 0 Å². The molecule has 1 fully saturated rings. The Bertz CT molecular complexity index is 864. The molecule has 1 aliphatic rings. The molecule has 3 rings (SSSR count). The van der Waals surface area contributed by atoms with E-state index < -0.39 is 5.41 Å². The number of rotatable bonds is 5. The Kier molecular flexibility index (Phi) is 6.70. The van der Waals surface area contributed by atoms with E-state index in [2.05, 4.69) is 27.4 Å². The van der Waals surface area contributed by atoms with Gasteiger partial charge in [-0.15, -0.1) is 11.3 Å².